The van der Waals surface area contributed by atoms with E-state index in [1.54, 1.807) is 0 Å². The molecule has 5 nitrogen and oxygen atoms in total. The molecule has 0 radical (unpaired) electrons. The summed E-state index contributed by atoms with van der Waals surface area (Å²) in [5.41, 5.74) is 6.01. The van der Waals surface area contributed by atoms with Gasteiger partial charge in [-0.1, -0.05) is 11.6 Å². The number of rotatable bonds is 2. The molecule has 1 aromatic rings. The van der Waals surface area contributed by atoms with Gasteiger partial charge in [0.2, 0.25) is 5.89 Å². The van der Waals surface area contributed by atoms with E-state index in [4.69, 9.17) is 15.0 Å². The van der Waals surface area contributed by atoms with Crippen LogP contribution in [0, 0.1) is 0 Å². The molecule has 1 saturated heterocycles. The van der Waals surface area contributed by atoms with E-state index in [9.17, 15) is 0 Å². The Kier molecular flexibility index (Phi) is 3.61. The summed E-state index contributed by atoms with van der Waals surface area (Å²) in [5.74, 6) is 2.45. The molecule has 0 amide bonds. The van der Waals surface area contributed by atoms with Gasteiger partial charge in [0, 0.05) is 31.1 Å². The first-order chi connectivity index (χ1) is 8.83. The molecular weight excluding hydrogens is 230 g/mol. The van der Waals surface area contributed by atoms with Crippen LogP contribution in [0.4, 0.5) is 0 Å². The minimum atomic E-state index is 0.294. The van der Waals surface area contributed by atoms with Crippen molar-refractivity contribution in [2.75, 3.05) is 13.2 Å². The molecule has 2 heterocycles. The number of hydrogen-bond acceptors (Lipinski definition) is 5. The quantitative estimate of drug-likeness (QED) is 0.869. The SMILES string of the molecule is NC1CCCC(c2nc(C3CCOCC3)no2)C1. The summed E-state index contributed by atoms with van der Waals surface area (Å²) in [6.45, 7) is 1.62. The Bertz CT molecular complexity index is 387. The van der Waals surface area contributed by atoms with Gasteiger partial charge < -0.3 is 15.0 Å². The van der Waals surface area contributed by atoms with Gasteiger partial charge in [-0.2, -0.15) is 4.98 Å². The van der Waals surface area contributed by atoms with Gasteiger partial charge in [-0.15, -0.1) is 0 Å². The lowest BCUT2D eigenvalue weighted by molar-refractivity contribution is 0.0830. The summed E-state index contributed by atoms with van der Waals surface area (Å²) < 4.78 is 10.8. The summed E-state index contributed by atoms with van der Waals surface area (Å²) in [5, 5.41) is 4.16. The smallest absolute Gasteiger partial charge is 0.229 e. The zero-order chi connectivity index (χ0) is 12.4. The monoisotopic (exact) mass is 251 g/mol. The average molecular weight is 251 g/mol. The first-order valence-electron chi connectivity index (χ1n) is 7.00. The van der Waals surface area contributed by atoms with Crippen molar-refractivity contribution in [3.05, 3.63) is 11.7 Å². The van der Waals surface area contributed by atoms with Gasteiger partial charge in [-0.25, -0.2) is 0 Å². The van der Waals surface area contributed by atoms with E-state index in [0.717, 1.165) is 57.0 Å². The molecular formula is C13H21N3O2. The number of aromatic nitrogens is 2. The highest BCUT2D eigenvalue weighted by Gasteiger charge is 2.27. The molecule has 3 rings (SSSR count). The molecule has 2 aliphatic rings. The lowest BCUT2D eigenvalue weighted by atomic mass is 9.86. The van der Waals surface area contributed by atoms with Crippen LogP contribution >= 0.6 is 0 Å². The Labute approximate surface area is 107 Å². The molecule has 5 heteroatoms. The molecule has 0 aromatic carbocycles. The van der Waals surface area contributed by atoms with Gasteiger partial charge in [-0.3, -0.25) is 0 Å². The predicted octanol–water partition coefficient (Wildman–Crippen LogP) is 1.95. The maximum absolute atomic E-state index is 6.01. The predicted molar refractivity (Wildman–Crippen MR) is 66.3 cm³/mol. The van der Waals surface area contributed by atoms with Gasteiger partial charge >= 0.3 is 0 Å². The summed E-state index contributed by atoms with van der Waals surface area (Å²) in [7, 11) is 0. The van der Waals surface area contributed by atoms with Crippen molar-refractivity contribution in [3.63, 3.8) is 0 Å². The second kappa shape index (κ2) is 5.36. The Balaban J connectivity index is 1.68. The van der Waals surface area contributed by atoms with Crippen LogP contribution in [0.2, 0.25) is 0 Å². The first kappa shape index (κ1) is 12.1. The van der Waals surface area contributed by atoms with E-state index in [2.05, 4.69) is 10.1 Å². The van der Waals surface area contributed by atoms with Gasteiger partial charge in [0.1, 0.15) is 0 Å². The lowest BCUT2D eigenvalue weighted by Crippen LogP contribution is -2.27. The van der Waals surface area contributed by atoms with Crippen molar-refractivity contribution in [2.45, 2.75) is 56.4 Å². The zero-order valence-electron chi connectivity index (χ0n) is 10.7. The maximum Gasteiger partial charge on any atom is 0.229 e. The summed E-state index contributed by atoms with van der Waals surface area (Å²) >= 11 is 0. The zero-order valence-corrected chi connectivity index (χ0v) is 10.7. The molecule has 2 N–H and O–H groups in total. The van der Waals surface area contributed by atoms with E-state index < -0.39 is 0 Å². The largest absolute Gasteiger partial charge is 0.381 e. The fraction of sp³-hybridized carbons (Fsp3) is 0.846. The maximum atomic E-state index is 6.01. The molecule has 1 aromatic heterocycles. The van der Waals surface area contributed by atoms with Crippen LogP contribution in [-0.2, 0) is 4.74 Å². The molecule has 1 aliphatic heterocycles. The minimum absolute atomic E-state index is 0.294. The Morgan fingerprint density at radius 2 is 1.89 bits per heavy atom. The van der Waals surface area contributed by atoms with Crippen LogP contribution in [0.15, 0.2) is 4.52 Å². The molecule has 0 spiro atoms. The third-order valence-electron chi connectivity index (χ3n) is 4.11. The number of nitrogens with zero attached hydrogens (tertiary/aromatic N) is 2. The second-order valence-corrected chi connectivity index (χ2v) is 5.50. The van der Waals surface area contributed by atoms with E-state index in [0.29, 0.717) is 17.9 Å². The molecule has 0 bridgehead atoms. The van der Waals surface area contributed by atoms with Gasteiger partial charge in [0.05, 0.1) is 0 Å². The highest BCUT2D eigenvalue weighted by molar-refractivity contribution is 5.01. The van der Waals surface area contributed by atoms with Crippen molar-refractivity contribution in [2.24, 2.45) is 5.73 Å². The summed E-state index contributed by atoms with van der Waals surface area (Å²) in [6.07, 6.45) is 6.41. The molecule has 1 aliphatic carbocycles. The van der Waals surface area contributed by atoms with Crippen LogP contribution in [0.25, 0.3) is 0 Å². The molecule has 2 atom stereocenters. The third-order valence-corrected chi connectivity index (χ3v) is 4.11. The fourth-order valence-corrected chi connectivity index (χ4v) is 2.99. The third kappa shape index (κ3) is 2.57. The normalized spacial score (nSPS) is 30.5. The van der Waals surface area contributed by atoms with Crippen LogP contribution in [0.3, 0.4) is 0 Å². The number of nitrogens with two attached hydrogens (primary N) is 1. The topological polar surface area (TPSA) is 74.2 Å². The molecule has 18 heavy (non-hydrogen) atoms. The number of hydrogen-bond donors (Lipinski definition) is 1. The lowest BCUT2D eigenvalue weighted by Gasteiger charge is -2.23. The van der Waals surface area contributed by atoms with Crippen molar-refractivity contribution in [1.82, 2.24) is 10.1 Å². The van der Waals surface area contributed by atoms with E-state index in [1.165, 1.54) is 6.42 Å². The van der Waals surface area contributed by atoms with E-state index in [1.807, 2.05) is 0 Å². The highest BCUT2D eigenvalue weighted by Crippen LogP contribution is 2.32. The van der Waals surface area contributed by atoms with Crippen molar-refractivity contribution >= 4 is 0 Å². The summed E-state index contributed by atoms with van der Waals surface area (Å²) in [4.78, 5) is 4.60. The van der Waals surface area contributed by atoms with Crippen LogP contribution < -0.4 is 5.73 Å². The van der Waals surface area contributed by atoms with Crippen LogP contribution in [-0.4, -0.2) is 29.4 Å². The van der Waals surface area contributed by atoms with E-state index in [-0.39, 0.29) is 0 Å². The standard InChI is InChI=1S/C13H21N3O2/c14-11-3-1-2-10(8-11)13-15-12(16-18-13)9-4-6-17-7-5-9/h9-11H,1-8,14H2. The average Bonchev–Trinajstić information content (AvgIpc) is 2.89. The van der Waals surface area contributed by atoms with Crippen LogP contribution in [0.1, 0.15) is 62.1 Å². The van der Waals surface area contributed by atoms with Crippen molar-refractivity contribution in [3.8, 4) is 0 Å². The van der Waals surface area contributed by atoms with Crippen LogP contribution in [0.5, 0.6) is 0 Å². The van der Waals surface area contributed by atoms with Gasteiger partial charge in [0.15, 0.2) is 5.82 Å². The number of ether oxygens (including phenoxy) is 1. The van der Waals surface area contributed by atoms with Crippen molar-refractivity contribution < 1.29 is 9.26 Å². The van der Waals surface area contributed by atoms with E-state index >= 15 is 0 Å². The van der Waals surface area contributed by atoms with Gasteiger partial charge in [0.25, 0.3) is 0 Å². The molecule has 1 saturated carbocycles. The molecule has 2 unspecified atom stereocenters. The Morgan fingerprint density at radius 1 is 1.06 bits per heavy atom. The molecule has 2 fully saturated rings. The van der Waals surface area contributed by atoms with Crippen molar-refractivity contribution in [1.29, 1.82) is 0 Å². The first-order valence-corrected chi connectivity index (χ1v) is 7.00. The minimum Gasteiger partial charge on any atom is -0.381 e. The van der Waals surface area contributed by atoms with Gasteiger partial charge in [-0.05, 0) is 32.1 Å². The fourth-order valence-electron chi connectivity index (χ4n) is 2.99. The second-order valence-electron chi connectivity index (χ2n) is 5.50. The Morgan fingerprint density at radius 3 is 2.67 bits per heavy atom. The molecule has 100 valence electrons. The highest BCUT2D eigenvalue weighted by atomic mass is 16.5. The Hall–Kier alpha value is -0.940. The summed E-state index contributed by atoms with van der Waals surface area (Å²) in [6, 6.07) is 0.294.